The molecule has 2 aromatic heterocycles. The van der Waals surface area contributed by atoms with Crippen molar-refractivity contribution in [2.45, 2.75) is 25.5 Å². The quantitative estimate of drug-likeness (QED) is 0.775. The normalized spacial score (nSPS) is 14.9. The Morgan fingerprint density at radius 2 is 2.26 bits per heavy atom. The number of hydrogen-bond donors (Lipinski definition) is 1. The summed E-state index contributed by atoms with van der Waals surface area (Å²) < 4.78 is 8.10. The topological polar surface area (TPSA) is 42.8 Å². The monoisotopic (exact) mass is 253 g/mol. The molecular formula is C15H15N3O. The van der Waals surface area contributed by atoms with E-state index in [1.807, 2.05) is 30.9 Å². The van der Waals surface area contributed by atoms with Crippen molar-refractivity contribution < 1.29 is 4.74 Å². The third kappa shape index (κ3) is 1.99. The standard InChI is InChI=1S/C15H15N3O/c1-2-12(1)18-10-16-8-13(18)9-19-14-3-4-15-11(7-14)5-6-17-15/h3-8,10,12,17H,1-2,9H2. The summed E-state index contributed by atoms with van der Waals surface area (Å²) in [6.07, 6.45) is 8.27. The fraction of sp³-hybridized carbons (Fsp3) is 0.267. The number of H-pyrrole nitrogens is 1. The van der Waals surface area contributed by atoms with Gasteiger partial charge in [0, 0.05) is 23.1 Å². The maximum atomic E-state index is 5.87. The molecule has 1 N–H and O–H groups in total. The molecule has 19 heavy (non-hydrogen) atoms. The van der Waals surface area contributed by atoms with Crippen molar-refractivity contribution in [3.05, 3.63) is 48.7 Å². The molecule has 0 saturated heterocycles. The molecule has 0 aliphatic heterocycles. The Labute approximate surface area is 111 Å². The van der Waals surface area contributed by atoms with Crippen LogP contribution in [0.15, 0.2) is 43.0 Å². The van der Waals surface area contributed by atoms with Crippen LogP contribution in [0.3, 0.4) is 0 Å². The third-order valence-corrected chi connectivity index (χ3v) is 3.60. The molecule has 0 unspecified atom stereocenters. The van der Waals surface area contributed by atoms with Gasteiger partial charge < -0.3 is 14.3 Å². The summed E-state index contributed by atoms with van der Waals surface area (Å²) in [4.78, 5) is 7.39. The first kappa shape index (κ1) is 10.7. The number of imidazole rings is 1. The Morgan fingerprint density at radius 1 is 1.32 bits per heavy atom. The van der Waals surface area contributed by atoms with E-state index in [4.69, 9.17) is 4.74 Å². The molecule has 1 aliphatic carbocycles. The fourth-order valence-electron chi connectivity index (χ4n) is 2.40. The number of rotatable bonds is 4. The van der Waals surface area contributed by atoms with Gasteiger partial charge in [-0.25, -0.2) is 4.98 Å². The molecule has 1 aliphatic rings. The summed E-state index contributed by atoms with van der Waals surface area (Å²) >= 11 is 0. The van der Waals surface area contributed by atoms with E-state index in [0.29, 0.717) is 12.6 Å². The molecule has 2 heterocycles. The zero-order chi connectivity index (χ0) is 12.7. The van der Waals surface area contributed by atoms with Crippen molar-refractivity contribution in [1.29, 1.82) is 0 Å². The van der Waals surface area contributed by atoms with E-state index >= 15 is 0 Å². The van der Waals surface area contributed by atoms with E-state index in [0.717, 1.165) is 17.0 Å². The second-order valence-electron chi connectivity index (χ2n) is 5.04. The Hall–Kier alpha value is -2.23. The highest BCUT2D eigenvalue weighted by Gasteiger charge is 2.25. The summed E-state index contributed by atoms with van der Waals surface area (Å²) in [7, 11) is 0. The minimum Gasteiger partial charge on any atom is -0.487 e. The number of benzene rings is 1. The second-order valence-corrected chi connectivity index (χ2v) is 5.04. The third-order valence-electron chi connectivity index (χ3n) is 3.60. The van der Waals surface area contributed by atoms with Gasteiger partial charge in [-0.15, -0.1) is 0 Å². The largest absolute Gasteiger partial charge is 0.487 e. The first-order chi connectivity index (χ1) is 9.40. The van der Waals surface area contributed by atoms with Crippen LogP contribution in [0.5, 0.6) is 5.75 Å². The van der Waals surface area contributed by atoms with Crippen molar-refractivity contribution in [3.8, 4) is 5.75 Å². The molecule has 0 amide bonds. The minimum atomic E-state index is 0.576. The van der Waals surface area contributed by atoms with Crippen LogP contribution >= 0.6 is 0 Å². The minimum absolute atomic E-state index is 0.576. The lowest BCUT2D eigenvalue weighted by atomic mass is 10.2. The highest BCUT2D eigenvalue weighted by atomic mass is 16.5. The number of aromatic amines is 1. The first-order valence-corrected chi connectivity index (χ1v) is 6.61. The smallest absolute Gasteiger partial charge is 0.130 e. The van der Waals surface area contributed by atoms with E-state index in [2.05, 4.69) is 26.7 Å². The second kappa shape index (κ2) is 4.16. The maximum absolute atomic E-state index is 5.87. The summed E-state index contributed by atoms with van der Waals surface area (Å²) in [5.41, 5.74) is 2.28. The van der Waals surface area contributed by atoms with E-state index in [1.54, 1.807) is 0 Å². The average Bonchev–Trinajstić information content (AvgIpc) is 3.00. The van der Waals surface area contributed by atoms with Gasteiger partial charge in [-0.3, -0.25) is 0 Å². The van der Waals surface area contributed by atoms with Crippen molar-refractivity contribution in [1.82, 2.24) is 14.5 Å². The molecule has 4 nitrogen and oxygen atoms in total. The van der Waals surface area contributed by atoms with Crippen molar-refractivity contribution in [2.75, 3.05) is 0 Å². The highest BCUT2D eigenvalue weighted by molar-refractivity contribution is 5.80. The van der Waals surface area contributed by atoms with Crippen LogP contribution < -0.4 is 4.74 Å². The predicted molar refractivity (Wildman–Crippen MR) is 73.1 cm³/mol. The molecule has 0 spiro atoms. The molecular weight excluding hydrogens is 238 g/mol. The van der Waals surface area contributed by atoms with Gasteiger partial charge >= 0.3 is 0 Å². The number of nitrogens with zero attached hydrogens (tertiary/aromatic N) is 2. The van der Waals surface area contributed by atoms with Crippen LogP contribution in [-0.2, 0) is 6.61 Å². The molecule has 96 valence electrons. The van der Waals surface area contributed by atoms with E-state index in [-0.39, 0.29) is 0 Å². The van der Waals surface area contributed by atoms with Gasteiger partial charge in [-0.05, 0) is 37.1 Å². The summed E-state index contributed by atoms with van der Waals surface area (Å²) in [6, 6.07) is 8.80. The molecule has 0 radical (unpaired) electrons. The summed E-state index contributed by atoms with van der Waals surface area (Å²) in [6.45, 7) is 0.576. The predicted octanol–water partition coefficient (Wildman–Crippen LogP) is 3.28. The number of hydrogen-bond acceptors (Lipinski definition) is 2. The molecule has 1 fully saturated rings. The van der Waals surface area contributed by atoms with Crippen LogP contribution in [0, 0.1) is 0 Å². The van der Waals surface area contributed by atoms with Gasteiger partial charge in [0.05, 0.1) is 18.2 Å². The maximum Gasteiger partial charge on any atom is 0.130 e. The number of nitrogens with one attached hydrogen (secondary N) is 1. The number of aromatic nitrogens is 3. The molecule has 1 aromatic carbocycles. The van der Waals surface area contributed by atoms with Crippen LogP contribution in [0.25, 0.3) is 10.9 Å². The molecule has 4 rings (SSSR count). The van der Waals surface area contributed by atoms with Gasteiger partial charge in [0.1, 0.15) is 12.4 Å². The Bertz CT molecular complexity index is 709. The van der Waals surface area contributed by atoms with Crippen LogP contribution in [0.2, 0.25) is 0 Å². The van der Waals surface area contributed by atoms with Crippen molar-refractivity contribution >= 4 is 10.9 Å². The first-order valence-electron chi connectivity index (χ1n) is 6.61. The zero-order valence-corrected chi connectivity index (χ0v) is 10.5. The van der Waals surface area contributed by atoms with Gasteiger partial charge in [0.25, 0.3) is 0 Å². The average molecular weight is 253 g/mol. The van der Waals surface area contributed by atoms with Gasteiger partial charge in [-0.2, -0.15) is 0 Å². The van der Waals surface area contributed by atoms with E-state index in [9.17, 15) is 0 Å². The van der Waals surface area contributed by atoms with Gasteiger partial charge in [0.2, 0.25) is 0 Å². The van der Waals surface area contributed by atoms with Crippen molar-refractivity contribution in [2.24, 2.45) is 0 Å². The zero-order valence-electron chi connectivity index (χ0n) is 10.5. The molecule has 1 saturated carbocycles. The summed E-state index contributed by atoms with van der Waals surface area (Å²) in [5, 5.41) is 1.17. The van der Waals surface area contributed by atoms with Gasteiger partial charge in [0.15, 0.2) is 0 Å². The van der Waals surface area contributed by atoms with Gasteiger partial charge in [-0.1, -0.05) is 0 Å². The number of ether oxygens (including phenoxy) is 1. The molecule has 0 atom stereocenters. The Morgan fingerprint density at radius 3 is 3.16 bits per heavy atom. The number of fused-ring (bicyclic) bond motifs is 1. The van der Waals surface area contributed by atoms with Crippen LogP contribution in [0.4, 0.5) is 0 Å². The van der Waals surface area contributed by atoms with Crippen LogP contribution in [0.1, 0.15) is 24.6 Å². The molecule has 4 heteroatoms. The SMILES string of the molecule is c1cc2cc(OCc3cncn3C3CC3)ccc2[nH]1. The lowest BCUT2D eigenvalue weighted by molar-refractivity contribution is 0.295. The van der Waals surface area contributed by atoms with Crippen LogP contribution in [-0.4, -0.2) is 14.5 Å². The highest BCUT2D eigenvalue weighted by Crippen LogP contribution is 2.35. The summed E-state index contributed by atoms with van der Waals surface area (Å²) in [5.74, 6) is 0.899. The Balaban J connectivity index is 1.52. The van der Waals surface area contributed by atoms with E-state index in [1.165, 1.54) is 18.2 Å². The molecule has 3 aromatic rings. The van der Waals surface area contributed by atoms with E-state index < -0.39 is 0 Å². The van der Waals surface area contributed by atoms with Crippen molar-refractivity contribution in [3.63, 3.8) is 0 Å². The lowest BCUT2D eigenvalue weighted by Crippen LogP contribution is -2.03. The molecule has 0 bridgehead atoms. The Kier molecular flexibility index (Phi) is 2.33. The lowest BCUT2D eigenvalue weighted by Gasteiger charge is -2.08. The fourth-order valence-corrected chi connectivity index (χ4v) is 2.40.